The molecule has 2 aromatic rings. The van der Waals surface area contributed by atoms with E-state index in [4.69, 9.17) is 4.98 Å². The molecule has 0 bridgehead atoms. The van der Waals surface area contributed by atoms with Crippen LogP contribution in [0.3, 0.4) is 0 Å². The maximum absolute atomic E-state index is 13.3. The van der Waals surface area contributed by atoms with Gasteiger partial charge in [-0.2, -0.15) is 0 Å². The molecule has 1 N–H and O–H groups in total. The van der Waals surface area contributed by atoms with E-state index < -0.39 is 6.10 Å². The summed E-state index contributed by atoms with van der Waals surface area (Å²) in [6, 6.07) is 8.02. The molecule has 0 unspecified atom stereocenters. The van der Waals surface area contributed by atoms with Crippen LogP contribution in [0.25, 0.3) is 11.0 Å². The van der Waals surface area contributed by atoms with Crippen molar-refractivity contribution in [3.8, 4) is 0 Å². The lowest BCUT2D eigenvalue weighted by Crippen LogP contribution is -2.54. The highest BCUT2D eigenvalue weighted by Gasteiger charge is 2.33. The van der Waals surface area contributed by atoms with Crippen molar-refractivity contribution in [3.63, 3.8) is 0 Å². The molecule has 0 spiro atoms. The van der Waals surface area contributed by atoms with Gasteiger partial charge in [-0.15, -0.1) is 0 Å². The van der Waals surface area contributed by atoms with Crippen LogP contribution in [0.4, 0.5) is 0 Å². The first-order valence-electron chi connectivity index (χ1n) is 11.9. The largest absolute Gasteiger partial charge is 0.391 e. The molecule has 2 aliphatic rings. The van der Waals surface area contributed by atoms with E-state index in [9.17, 15) is 14.7 Å². The van der Waals surface area contributed by atoms with E-state index in [1.165, 1.54) is 0 Å². The smallest absolute Gasteiger partial charge is 0.242 e. The molecule has 0 aliphatic carbocycles. The number of likely N-dealkylation sites (tertiary alicyclic amines) is 1. The Bertz CT molecular complexity index is 950. The van der Waals surface area contributed by atoms with Crippen LogP contribution < -0.4 is 0 Å². The van der Waals surface area contributed by atoms with Crippen molar-refractivity contribution < 1.29 is 14.7 Å². The van der Waals surface area contributed by atoms with Crippen molar-refractivity contribution in [1.29, 1.82) is 0 Å². The Balaban J connectivity index is 1.41. The lowest BCUT2D eigenvalue weighted by Gasteiger charge is -2.40. The summed E-state index contributed by atoms with van der Waals surface area (Å²) in [4.78, 5) is 35.7. The standard InChI is InChI=1S/C24H35N5O3/c1-3-6-23-25-19-7-4-5-8-20(19)29(23)17-24(32)28-11-9-21(22(31)10-12-28)27-15-13-26(14-16-27)18(2)30/h4-5,7-8,21-22,31H,3,6,9-17H2,1-2H3/t21-,22-/m0/s1. The molecule has 32 heavy (non-hydrogen) atoms. The maximum Gasteiger partial charge on any atom is 0.242 e. The van der Waals surface area contributed by atoms with Gasteiger partial charge in [0.05, 0.1) is 17.1 Å². The fraction of sp³-hybridized carbons (Fsp3) is 0.625. The van der Waals surface area contributed by atoms with Crippen LogP contribution in [0.5, 0.6) is 0 Å². The number of imidazole rings is 1. The van der Waals surface area contributed by atoms with Crippen LogP contribution in [0, 0.1) is 0 Å². The van der Waals surface area contributed by atoms with Gasteiger partial charge in [0.15, 0.2) is 0 Å². The minimum absolute atomic E-state index is 0.0339. The molecular weight excluding hydrogens is 406 g/mol. The second kappa shape index (κ2) is 10.0. The first-order chi connectivity index (χ1) is 15.5. The van der Waals surface area contributed by atoms with Gasteiger partial charge < -0.3 is 19.5 Å². The molecule has 2 fully saturated rings. The Morgan fingerprint density at radius 1 is 1.03 bits per heavy atom. The predicted molar refractivity (Wildman–Crippen MR) is 123 cm³/mol. The lowest BCUT2D eigenvalue weighted by atomic mass is 10.0. The van der Waals surface area contributed by atoms with Gasteiger partial charge >= 0.3 is 0 Å². The van der Waals surface area contributed by atoms with Gasteiger partial charge in [0.1, 0.15) is 12.4 Å². The number of hydrogen-bond acceptors (Lipinski definition) is 5. The molecule has 2 aliphatic heterocycles. The number of hydrogen-bond donors (Lipinski definition) is 1. The number of aliphatic hydroxyl groups excluding tert-OH is 1. The zero-order valence-electron chi connectivity index (χ0n) is 19.2. The SMILES string of the molecule is CCCc1nc2ccccc2n1CC(=O)N1CC[C@H](O)[C@@H](N2CCN(C(C)=O)CC2)CC1. The average Bonchev–Trinajstić information content (AvgIpc) is 3.00. The normalized spacial score (nSPS) is 22.8. The second-order valence-electron chi connectivity index (χ2n) is 8.99. The van der Waals surface area contributed by atoms with E-state index in [-0.39, 0.29) is 24.4 Å². The third-order valence-corrected chi connectivity index (χ3v) is 6.92. The molecule has 2 atom stereocenters. The van der Waals surface area contributed by atoms with Gasteiger partial charge in [0, 0.05) is 58.7 Å². The molecule has 2 amide bonds. The molecule has 3 heterocycles. The maximum atomic E-state index is 13.3. The summed E-state index contributed by atoms with van der Waals surface area (Å²) in [5.74, 6) is 1.15. The van der Waals surface area contributed by atoms with Gasteiger partial charge in [-0.25, -0.2) is 4.98 Å². The van der Waals surface area contributed by atoms with E-state index in [0.717, 1.165) is 49.2 Å². The Morgan fingerprint density at radius 2 is 1.75 bits per heavy atom. The summed E-state index contributed by atoms with van der Waals surface area (Å²) >= 11 is 0. The third kappa shape index (κ3) is 4.81. The van der Waals surface area contributed by atoms with Crippen molar-refractivity contribution in [2.24, 2.45) is 0 Å². The van der Waals surface area contributed by atoms with Gasteiger partial charge in [0.2, 0.25) is 11.8 Å². The van der Waals surface area contributed by atoms with Crippen LogP contribution in [-0.4, -0.2) is 92.6 Å². The third-order valence-electron chi connectivity index (χ3n) is 6.92. The Hall–Kier alpha value is -2.45. The fourth-order valence-electron chi connectivity index (χ4n) is 5.07. The predicted octanol–water partition coefficient (Wildman–Crippen LogP) is 1.50. The minimum atomic E-state index is -0.457. The van der Waals surface area contributed by atoms with Crippen LogP contribution in [0.1, 0.15) is 38.9 Å². The number of piperazine rings is 1. The molecule has 1 aromatic heterocycles. The van der Waals surface area contributed by atoms with Crippen molar-refractivity contribution in [2.75, 3.05) is 39.3 Å². The summed E-state index contributed by atoms with van der Waals surface area (Å²) in [5.41, 5.74) is 1.93. The summed E-state index contributed by atoms with van der Waals surface area (Å²) in [6.07, 6.45) is 2.69. The number of fused-ring (bicyclic) bond motifs is 1. The summed E-state index contributed by atoms with van der Waals surface area (Å²) in [5, 5.41) is 10.8. The van der Waals surface area contributed by atoms with Crippen LogP contribution in [0.2, 0.25) is 0 Å². The quantitative estimate of drug-likeness (QED) is 0.761. The fourth-order valence-corrected chi connectivity index (χ4v) is 5.07. The number of aliphatic hydroxyl groups is 1. The number of amides is 2. The van der Waals surface area contributed by atoms with Gasteiger partial charge in [-0.1, -0.05) is 19.1 Å². The number of benzene rings is 1. The molecule has 2 saturated heterocycles. The zero-order valence-corrected chi connectivity index (χ0v) is 19.2. The molecule has 1 aromatic carbocycles. The molecule has 0 saturated carbocycles. The van der Waals surface area contributed by atoms with Gasteiger partial charge in [0.25, 0.3) is 0 Å². The van der Waals surface area contributed by atoms with Crippen LogP contribution >= 0.6 is 0 Å². The minimum Gasteiger partial charge on any atom is -0.391 e. The van der Waals surface area contributed by atoms with Crippen molar-refractivity contribution >= 4 is 22.8 Å². The summed E-state index contributed by atoms with van der Waals surface area (Å²) in [7, 11) is 0. The highest BCUT2D eigenvalue weighted by atomic mass is 16.3. The summed E-state index contributed by atoms with van der Waals surface area (Å²) in [6.45, 7) is 8.18. The van der Waals surface area contributed by atoms with Crippen LogP contribution in [0.15, 0.2) is 24.3 Å². The zero-order chi connectivity index (χ0) is 22.7. The van der Waals surface area contributed by atoms with Crippen molar-refractivity contribution in [2.45, 2.75) is 58.2 Å². The number of nitrogens with zero attached hydrogens (tertiary/aromatic N) is 5. The molecular formula is C24H35N5O3. The number of rotatable bonds is 5. The van der Waals surface area contributed by atoms with E-state index in [0.29, 0.717) is 32.6 Å². The van der Waals surface area contributed by atoms with E-state index in [1.54, 1.807) is 6.92 Å². The number of carbonyl (C=O) groups is 2. The van der Waals surface area contributed by atoms with Gasteiger partial charge in [-0.05, 0) is 31.4 Å². The number of para-hydroxylation sites is 2. The Labute approximate surface area is 189 Å². The monoisotopic (exact) mass is 441 g/mol. The Kier molecular flexibility index (Phi) is 7.10. The number of aromatic nitrogens is 2. The molecule has 8 nitrogen and oxygen atoms in total. The first-order valence-corrected chi connectivity index (χ1v) is 11.9. The van der Waals surface area contributed by atoms with Crippen molar-refractivity contribution in [1.82, 2.24) is 24.3 Å². The van der Waals surface area contributed by atoms with E-state index >= 15 is 0 Å². The van der Waals surface area contributed by atoms with E-state index in [2.05, 4.69) is 16.4 Å². The molecule has 4 rings (SSSR count). The first kappa shape index (κ1) is 22.7. The molecule has 8 heteroatoms. The molecule has 174 valence electrons. The highest BCUT2D eigenvalue weighted by Crippen LogP contribution is 2.21. The van der Waals surface area contributed by atoms with Crippen LogP contribution in [-0.2, 0) is 22.6 Å². The topological polar surface area (TPSA) is 81.9 Å². The number of carbonyl (C=O) groups excluding carboxylic acids is 2. The highest BCUT2D eigenvalue weighted by molar-refractivity contribution is 5.81. The molecule has 0 radical (unpaired) electrons. The Morgan fingerprint density at radius 3 is 2.47 bits per heavy atom. The second-order valence-corrected chi connectivity index (χ2v) is 8.99. The number of aryl methyl sites for hydroxylation is 1. The lowest BCUT2D eigenvalue weighted by molar-refractivity contribution is -0.132. The van der Waals surface area contributed by atoms with E-state index in [1.807, 2.05) is 34.1 Å². The van der Waals surface area contributed by atoms with Gasteiger partial charge in [-0.3, -0.25) is 14.5 Å². The van der Waals surface area contributed by atoms with Crippen molar-refractivity contribution in [3.05, 3.63) is 30.1 Å². The average molecular weight is 442 g/mol. The summed E-state index contributed by atoms with van der Waals surface area (Å²) < 4.78 is 2.06.